The molecule has 0 aromatic carbocycles. The SMILES string of the molecule is O=S1(=O)CCNC(c2cn3cc(F)ccc3n2)C1. The number of sulfone groups is 1. The Hall–Kier alpha value is -1.47. The van der Waals surface area contributed by atoms with Crippen molar-refractivity contribution in [2.45, 2.75) is 6.04 Å². The number of pyridine rings is 1. The Morgan fingerprint density at radius 1 is 1.39 bits per heavy atom. The van der Waals surface area contributed by atoms with Gasteiger partial charge < -0.3 is 9.72 Å². The molecule has 18 heavy (non-hydrogen) atoms. The maximum absolute atomic E-state index is 13.1. The Morgan fingerprint density at radius 2 is 2.22 bits per heavy atom. The van der Waals surface area contributed by atoms with Crippen LogP contribution in [0.25, 0.3) is 5.65 Å². The molecule has 1 fully saturated rings. The molecule has 0 aliphatic carbocycles. The Balaban J connectivity index is 1.99. The van der Waals surface area contributed by atoms with Gasteiger partial charge in [0, 0.05) is 18.9 Å². The molecule has 96 valence electrons. The van der Waals surface area contributed by atoms with Crippen molar-refractivity contribution in [3.63, 3.8) is 0 Å². The monoisotopic (exact) mass is 269 g/mol. The van der Waals surface area contributed by atoms with E-state index in [0.29, 0.717) is 17.9 Å². The Labute approximate surface area is 104 Å². The van der Waals surface area contributed by atoms with Crippen LogP contribution >= 0.6 is 0 Å². The second kappa shape index (κ2) is 4.03. The predicted octanol–water partition coefficient (Wildman–Crippen LogP) is 0.532. The van der Waals surface area contributed by atoms with Crippen LogP contribution in [0, 0.1) is 5.82 Å². The van der Waals surface area contributed by atoms with E-state index in [0.717, 1.165) is 0 Å². The minimum atomic E-state index is -3.01. The van der Waals surface area contributed by atoms with Gasteiger partial charge in [0.05, 0.1) is 23.2 Å². The number of hydrogen-bond donors (Lipinski definition) is 1. The summed E-state index contributed by atoms with van der Waals surface area (Å²) in [5.41, 5.74) is 1.24. The first-order valence-electron chi connectivity index (χ1n) is 5.61. The molecule has 1 aliphatic rings. The minimum Gasteiger partial charge on any atom is -0.307 e. The summed E-state index contributed by atoms with van der Waals surface area (Å²) in [5, 5.41) is 3.12. The lowest BCUT2D eigenvalue weighted by Crippen LogP contribution is -2.39. The molecule has 3 heterocycles. The molecule has 0 radical (unpaired) electrons. The van der Waals surface area contributed by atoms with Crippen molar-refractivity contribution in [2.24, 2.45) is 0 Å². The first kappa shape index (κ1) is 11.6. The second-order valence-electron chi connectivity index (χ2n) is 4.40. The van der Waals surface area contributed by atoms with Gasteiger partial charge in [-0.05, 0) is 12.1 Å². The number of nitrogens with zero attached hydrogens (tertiary/aromatic N) is 2. The third-order valence-corrected chi connectivity index (χ3v) is 4.68. The first-order valence-corrected chi connectivity index (χ1v) is 7.44. The van der Waals surface area contributed by atoms with E-state index in [-0.39, 0.29) is 23.4 Å². The largest absolute Gasteiger partial charge is 0.307 e. The van der Waals surface area contributed by atoms with Gasteiger partial charge in [0.2, 0.25) is 0 Å². The first-order chi connectivity index (χ1) is 8.53. The average molecular weight is 269 g/mol. The van der Waals surface area contributed by atoms with Crippen LogP contribution in [0.1, 0.15) is 11.7 Å². The van der Waals surface area contributed by atoms with Crippen LogP contribution in [-0.4, -0.2) is 35.9 Å². The fraction of sp³-hybridized carbons (Fsp3) is 0.364. The number of aromatic nitrogens is 2. The van der Waals surface area contributed by atoms with Gasteiger partial charge >= 0.3 is 0 Å². The molecule has 2 aromatic rings. The molecule has 1 saturated heterocycles. The molecule has 5 nitrogen and oxygen atoms in total. The van der Waals surface area contributed by atoms with Crippen molar-refractivity contribution in [1.29, 1.82) is 0 Å². The van der Waals surface area contributed by atoms with E-state index >= 15 is 0 Å². The number of halogens is 1. The van der Waals surface area contributed by atoms with E-state index in [4.69, 9.17) is 0 Å². The highest BCUT2D eigenvalue weighted by molar-refractivity contribution is 7.91. The van der Waals surface area contributed by atoms with Gasteiger partial charge in [0.25, 0.3) is 0 Å². The zero-order valence-electron chi connectivity index (χ0n) is 9.51. The highest BCUT2D eigenvalue weighted by Gasteiger charge is 2.27. The van der Waals surface area contributed by atoms with Crippen molar-refractivity contribution in [1.82, 2.24) is 14.7 Å². The molecule has 2 aromatic heterocycles. The summed E-state index contributed by atoms with van der Waals surface area (Å²) in [6, 6.07) is 2.58. The molecule has 0 amide bonds. The topological polar surface area (TPSA) is 63.5 Å². The summed E-state index contributed by atoms with van der Waals surface area (Å²) in [4.78, 5) is 4.31. The third kappa shape index (κ3) is 2.11. The number of fused-ring (bicyclic) bond motifs is 1. The van der Waals surface area contributed by atoms with E-state index in [1.165, 1.54) is 12.3 Å². The Morgan fingerprint density at radius 3 is 3.00 bits per heavy atom. The van der Waals surface area contributed by atoms with Crippen LogP contribution in [-0.2, 0) is 9.84 Å². The van der Waals surface area contributed by atoms with Crippen molar-refractivity contribution in [2.75, 3.05) is 18.1 Å². The second-order valence-corrected chi connectivity index (χ2v) is 6.63. The van der Waals surface area contributed by atoms with Crippen molar-refractivity contribution in [3.05, 3.63) is 36.0 Å². The summed E-state index contributed by atoms with van der Waals surface area (Å²) in [6.07, 6.45) is 2.99. The summed E-state index contributed by atoms with van der Waals surface area (Å²) in [7, 11) is -3.01. The molecule has 0 spiro atoms. The summed E-state index contributed by atoms with van der Waals surface area (Å²) < 4.78 is 37.8. The van der Waals surface area contributed by atoms with Gasteiger partial charge in [0.1, 0.15) is 11.5 Å². The molecule has 0 saturated carbocycles. The van der Waals surface area contributed by atoms with Crippen LogP contribution in [0.2, 0.25) is 0 Å². The van der Waals surface area contributed by atoms with E-state index < -0.39 is 9.84 Å². The van der Waals surface area contributed by atoms with Crippen molar-refractivity contribution < 1.29 is 12.8 Å². The number of imidazole rings is 1. The molecule has 0 bridgehead atoms. The van der Waals surface area contributed by atoms with Gasteiger partial charge in [-0.15, -0.1) is 0 Å². The minimum absolute atomic E-state index is 0.0410. The van der Waals surface area contributed by atoms with Crippen LogP contribution in [0.5, 0.6) is 0 Å². The third-order valence-electron chi connectivity index (χ3n) is 3.02. The zero-order valence-corrected chi connectivity index (χ0v) is 10.3. The molecule has 1 N–H and O–H groups in total. The van der Waals surface area contributed by atoms with Crippen LogP contribution < -0.4 is 5.32 Å². The standard InChI is InChI=1S/C11H12FN3O2S/c12-8-1-2-11-14-9(6-15(11)5-8)10-7-18(16,17)4-3-13-10/h1-2,5-6,10,13H,3-4,7H2. The lowest BCUT2D eigenvalue weighted by molar-refractivity contribution is 0.525. The number of rotatable bonds is 1. The predicted molar refractivity (Wildman–Crippen MR) is 64.5 cm³/mol. The summed E-state index contributed by atoms with van der Waals surface area (Å²) in [5.74, 6) is -0.152. The number of nitrogens with one attached hydrogen (secondary N) is 1. The lowest BCUT2D eigenvalue weighted by Gasteiger charge is -2.21. The Kier molecular flexibility index (Phi) is 2.60. The Bertz CT molecular complexity index is 695. The molecule has 1 aliphatic heterocycles. The molecule has 1 unspecified atom stereocenters. The van der Waals surface area contributed by atoms with Crippen molar-refractivity contribution >= 4 is 15.5 Å². The normalized spacial score (nSPS) is 23.3. The van der Waals surface area contributed by atoms with Gasteiger partial charge in [-0.2, -0.15) is 0 Å². The van der Waals surface area contributed by atoms with Gasteiger partial charge in [-0.3, -0.25) is 0 Å². The van der Waals surface area contributed by atoms with E-state index in [2.05, 4.69) is 10.3 Å². The van der Waals surface area contributed by atoms with E-state index in [9.17, 15) is 12.8 Å². The fourth-order valence-electron chi connectivity index (χ4n) is 2.13. The summed E-state index contributed by atoms with van der Waals surface area (Å²) in [6.45, 7) is 0.426. The van der Waals surface area contributed by atoms with Crippen LogP contribution in [0.3, 0.4) is 0 Å². The lowest BCUT2D eigenvalue weighted by atomic mass is 10.2. The maximum atomic E-state index is 13.1. The van der Waals surface area contributed by atoms with E-state index in [1.807, 2.05) is 0 Å². The van der Waals surface area contributed by atoms with Gasteiger partial charge in [-0.25, -0.2) is 17.8 Å². The zero-order chi connectivity index (χ0) is 12.8. The molecular weight excluding hydrogens is 257 g/mol. The van der Waals surface area contributed by atoms with Crippen molar-refractivity contribution in [3.8, 4) is 0 Å². The number of hydrogen-bond acceptors (Lipinski definition) is 4. The highest BCUT2D eigenvalue weighted by Crippen LogP contribution is 2.18. The van der Waals surface area contributed by atoms with Crippen LogP contribution in [0.15, 0.2) is 24.5 Å². The quantitative estimate of drug-likeness (QED) is 0.820. The average Bonchev–Trinajstić information content (AvgIpc) is 2.70. The summed E-state index contributed by atoms with van der Waals surface area (Å²) >= 11 is 0. The maximum Gasteiger partial charge on any atom is 0.153 e. The molecular formula is C11H12FN3O2S. The van der Waals surface area contributed by atoms with Gasteiger partial charge in [0.15, 0.2) is 9.84 Å². The van der Waals surface area contributed by atoms with E-state index in [1.54, 1.807) is 16.7 Å². The molecule has 3 rings (SSSR count). The molecule has 1 atom stereocenters. The smallest absolute Gasteiger partial charge is 0.153 e. The highest BCUT2D eigenvalue weighted by atomic mass is 32.2. The van der Waals surface area contributed by atoms with Crippen LogP contribution in [0.4, 0.5) is 4.39 Å². The molecule has 7 heteroatoms. The fourth-order valence-corrected chi connectivity index (χ4v) is 3.52. The van der Waals surface area contributed by atoms with Gasteiger partial charge in [-0.1, -0.05) is 0 Å².